The normalized spacial score (nSPS) is 10.5. The minimum atomic E-state index is -0.509. The highest BCUT2D eigenvalue weighted by Crippen LogP contribution is 2.32. The fourth-order valence-electron chi connectivity index (χ4n) is 2.15. The van der Waals surface area contributed by atoms with Gasteiger partial charge in [-0.1, -0.05) is 17.4 Å². The van der Waals surface area contributed by atoms with E-state index >= 15 is 0 Å². The number of hydrogen-bond acceptors (Lipinski definition) is 6. The minimum absolute atomic E-state index is 0.0621. The average molecular weight is 343 g/mol. The van der Waals surface area contributed by atoms with Crippen LogP contribution in [-0.2, 0) is 0 Å². The number of aromatic nitrogens is 1. The molecule has 0 saturated heterocycles. The molecule has 2 aromatic carbocycles. The molecule has 0 spiro atoms. The topological polar surface area (TPSA) is 94.4 Å². The van der Waals surface area contributed by atoms with E-state index in [9.17, 15) is 14.9 Å². The Balaban J connectivity index is 1.82. The van der Waals surface area contributed by atoms with Gasteiger partial charge in [0.2, 0.25) is 0 Å². The summed E-state index contributed by atoms with van der Waals surface area (Å²) in [4.78, 5) is 26.8. The van der Waals surface area contributed by atoms with Gasteiger partial charge >= 0.3 is 0 Å². The maximum Gasteiger partial charge on any atom is 0.269 e. The molecule has 1 heterocycles. The number of benzene rings is 2. The summed E-state index contributed by atoms with van der Waals surface area (Å²) in [5.74, 6) is 0.295. The quantitative estimate of drug-likeness (QED) is 0.561. The fourth-order valence-corrected chi connectivity index (χ4v) is 3.03. The Hall–Kier alpha value is -3.00. The first-order valence-corrected chi connectivity index (χ1v) is 7.98. The van der Waals surface area contributed by atoms with Gasteiger partial charge in [0.1, 0.15) is 11.3 Å². The van der Waals surface area contributed by atoms with E-state index in [0.29, 0.717) is 28.6 Å². The van der Waals surface area contributed by atoms with Crippen LogP contribution in [-0.4, -0.2) is 22.4 Å². The first-order chi connectivity index (χ1) is 11.6. The number of anilines is 1. The summed E-state index contributed by atoms with van der Waals surface area (Å²) in [5, 5.41) is 13.8. The highest BCUT2D eigenvalue weighted by molar-refractivity contribution is 7.22. The number of para-hydroxylation sites is 1. The van der Waals surface area contributed by atoms with Gasteiger partial charge < -0.3 is 4.74 Å². The lowest BCUT2D eigenvalue weighted by Crippen LogP contribution is -2.11. The Kier molecular flexibility index (Phi) is 4.39. The van der Waals surface area contributed by atoms with Gasteiger partial charge in [-0.15, -0.1) is 0 Å². The Bertz CT molecular complexity index is 905. The molecule has 0 atom stereocenters. The second-order valence-electron chi connectivity index (χ2n) is 4.81. The number of amides is 1. The molecule has 0 bridgehead atoms. The molecule has 3 aromatic rings. The fraction of sp³-hybridized carbons (Fsp3) is 0.125. The van der Waals surface area contributed by atoms with Gasteiger partial charge in [0.15, 0.2) is 5.13 Å². The molecule has 0 unspecified atom stereocenters. The lowest BCUT2D eigenvalue weighted by atomic mass is 10.2. The lowest BCUT2D eigenvalue weighted by Gasteiger charge is -2.02. The summed E-state index contributed by atoms with van der Waals surface area (Å²) in [7, 11) is 0. The molecule has 7 nitrogen and oxygen atoms in total. The van der Waals surface area contributed by atoms with E-state index in [0.717, 1.165) is 4.70 Å². The van der Waals surface area contributed by atoms with Gasteiger partial charge in [-0.3, -0.25) is 20.2 Å². The molecule has 0 saturated carbocycles. The summed E-state index contributed by atoms with van der Waals surface area (Å²) >= 11 is 1.34. The predicted octanol–water partition coefficient (Wildman–Crippen LogP) is 3.86. The zero-order valence-corrected chi connectivity index (χ0v) is 13.5. The van der Waals surface area contributed by atoms with Gasteiger partial charge in [0.25, 0.3) is 11.6 Å². The van der Waals surface area contributed by atoms with Crippen molar-refractivity contribution in [1.29, 1.82) is 0 Å². The van der Waals surface area contributed by atoms with Crippen LogP contribution >= 0.6 is 11.3 Å². The van der Waals surface area contributed by atoms with Crippen LogP contribution in [0, 0.1) is 10.1 Å². The maximum atomic E-state index is 12.2. The first-order valence-electron chi connectivity index (χ1n) is 7.16. The number of nitrogens with zero attached hydrogens (tertiary/aromatic N) is 2. The van der Waals surface area contributed by atoms with E-state index in [1.807, 2.05) is 25.1 Å². The van der Waals surface area contributed by atoms with Crippen molar-refractivity contribution in [2.45, 2.75) is 6.92 Å². The van der Waals surface area contributed by atoms with Crippen LogP contribution in [0.25, 0.3) is 10.2 Å². The Morgan fingerprint density at radius 1 is 1.29 bits per heavy atom. The van der Waals surface area contributed by atoms with Gasteiger partial charge in [0, 0.05) is 17.7 Å². The number of fused-ring (bicyclic) bond motifs is 1. The van der Waals surface area contributed by atoms with Crippen LogP contribution in [0.1, 0.15) is 17.3 Å². The maximum absolute atomic E-state index is 12.2. The number of thiazole rings is 1. The van der Waals surface area contributed by atoms with Crippen LogP contribution < -0.4 is 10.1 Å². The molecule has 24 heavy (non-hydrogen) atoms. The van der Waals surface area contributed by atoms with Crippen molar-refractivity contribution < 1.29 is 14.5 Å². The summed E-state index contributed by atoms with van der Waals surface area (Å²) in [6.45, 7) is 2.42. The summed E-state index contributed by atoms with van der Waals surface area (Å²) in [6, 6.07) is 11.0. The highest BCUT2D eigenvalue weighted by atomic mass is 32.1. The van der Waals surface area contributed by atoms with Gasteiger partial charge in [-0.05, 0) is 31.2 Å². The number of nitrogens with one attached hydrogen (secondary N) is 1. The summed E-state index contributed by atoms with van der Waals surface area (Å²) in [6.07, 6.45) is 0. The van der Waals surface area contributed by atoms with Crippen molar-refractivity contribution in [3.63, 3.8) is 0 Å². The molecule has 3 rings (SSSR count). The number of carbonyl (C=O) groups excluding carboxylic acids is 1. The Morgan fingerprint density at radius 2 is 2.04 bits per heavy atom. The lowest BCUT2D eigenvalue weighted by molar-refractivity contribution is -0.384. The van der Waals surface area contributed by atoms with Gasteiger partial charge in [-0.2, -0.15) is 0 Å². The van der Waals surface area contributed by atoms with Crippen molar-refractivity contribution in [2.75, 3.05) is 11.9 Å². The van der Waals surface area contributed by atoms with Crippen molar-refractivity contribution in [1.82, 2.24) is 4.98 Å². The molecule has 1 aromatic heterocycles. The van der Waals surface area contributed by atoms with Crippen molar-refractivity contribution in [3.8, 4) is 5.75 Å². The number of ether oxygens (including phenoxy) is 1. The number of carbonyl (C=O) groups is 1. The summed E-state index contributed by atoms with van der Waals surface area (Å²) < 4.78 is 6.43. The number of hydrogen-bond donors (Lipinski definition) is 1. The van der Waals surface area contributed by atoms with Crippen molar-refractivity contribution >= 4 is 38.3 Å². The zero-order chi connectivity index (χ0) is 17.1. The highest BCUT2D eigenvalue weighted by Gasteiger charge is 2.13. The number of nitro benzene ring substituents is 1. The number of nitro groups is 1. The minimum Gasteiger partial charge on any atom is -0.492 e. The van der Waals surface area contributed by atoms with Crippen LogP contribution in [0.15, 0.2) is 42.5 Å². The second kappa shape index (κ2) is 6.63. The monoisotopic (exact) mass is 343 g/mol. The zero-order valence-electron chi connectivity index (χ0n) is 12.7. The van der Waals surface area contributed by atoms with E-state index in [2.05, 4.69) is 10.3 Å². The molecule has 1 amide bonds. The molecular formula is C16H13N3O4S. The molecule has 0 radical (unpaired) electrons. The van der Waals surface area contributed by atoms with Gasteiger partial charge in [0.05, 0.1) is 16.2 Å². The largest absolute Gasteiger partial charge is 0.492 e. The van der Waals surface area contributed by atoms with E-state index in [1.54, 1.807) is 0 Å². The SMILES string of the molecule is CCOc1cccc2sc(NC(=O)c3ccc([N+](=O)[O-])cc3)nc12. The van der Waals surface area contributed by atoms with E-state index in [1.165, 1.54) is 35.6 Å². The van der Waals surface area contributed by atoms with Gasteiger partial charge in [-0.25, -0.2) is 4.98 Å². The van der Waals surface area contributed by atoms with Crippen molar-refractivity contribution in [3.05, 3.63) is 58.1 Å². The summed E-state index contributed by atoms with van der Waals surface area (Å²) in [5.41, 5.74) is 0.959. The third kappa shape index (κ3) is 3.18. The van der Waals surface area contributed by atoms with Crippen LogP contribution in [0.3, 0.4) is 0 Å². The van der Waals surface area contributed by atoms with Crippen LogP contribution in [0.4, 0.5) is 10.8 Å². The molecule has 0 aliphatic carbocycles. The molecule has 122 valence electrons. The number of non-ortho nitro benzene ring substituents is 1. The third-order valence-electron chi connectivity index (χ3n) is 3.24. The average Bonchev–Trinajstić information content (AvgIpc) is 2.98. The molecule has 8 heteroatoms. The predicted molar refractivity (Wildman–Crippen MR) is 91.8 cm³/mol. The number of rotatable bonds is 5. The Labute approximate surface area is 141 Å². The molecule has 0 aliphatic rings. The van der Waals surface area contributed by atoms with Crippen LogP contribution in [0.2, 0.25) is 0 Å². The molecule has 1 N–H and O–H groups in total. The van der Waals surface area contributed by atoms with E-state index in [4.69, 9.17) is 4.74 Å². The standard InChI is InChI=1S/C16H13N3O4S/c1-2-23-12-4-3-5-13-14(12)17-16(24-13)18-15(20)10-6-8-11(9-7-10)19(21)22/h3-9H,2H2,1H3,(H,17,18,20). The van der Waals surface area contributed by atoms with E-state index < -0.39 is 4.92 Å². The Morgan fingerprint density at radius 3 is 2.71 bits per heavy atom. The third-order valence-corrected chi connectivity index (χ3v) is 4.18. The molecule has 0 fully saturated rings. The molecular weight excluding hydrogens is 330 g/mol. The van der Waals surface area contributed by atoms with Crippen LogP contribution in [0.5, 0.6) is 5.75 Å². The van der Waals surface area contributed by atoms with Crippen molar-refractivity contribution in [2.24, 2.45) is 0 Å². The molecule has 0 aliphatic heterocycles. The first kappa shape index (κ1) is 15.9. The smallest absolute Gasteiger partial charge is 0.269 e. The second-order valence-corrected chi connectivity index (χ2v) is 5.84. The van der Waals surface area contributed by atoms with E-state index in [-0.39, 0.29) is 11.6 Å².